The van der Waals surface area contributed by atoms with Gasteiger partial charge in [-0.05, 0) is 91.6 Å². The molecule has 0 aromatic heterocycles. The Morgan fingerprint density at radius 1 is 0.439 bits per heavy atom. The average molecular weight is 958 g/mol. The summed E-state index contributed by atoms with van der Waals surface area (Å²) in [5.41, 5.74) is 1.44. The number of carbonyl (C=O) groups is 3. The van der Waals surface area contributed by atoms with Crippen LogP contribution in [0.5, 0.6) is 17.2 Å². The number of alkyl halides is 9. The predicted octanol–water partition coefficient (Wildman–Crippen LogP) is 9.51. The minimum Gasteiger partial charge on any atom is -0.406 e. The molecule has 3 amide bonds. The second kappa shape index (κ2) is 26.8. The van der Waals surface area contributed by atoms with Gasteiger partial charge in [0.05, 0.1) is 55.7 Å². The number of carbonyl (C=O) groups excluding carboxylic acids is 3. The third-order valence-corrected chi connectivity index (χ3v) is 9.40. The Morgan fingerprint density at radius 3 is 0.833 bits per heavy atom. The van der Waals surface area contributed by atoms with Crippen molar-refractivity contribution < 1.29 is 83.4 Å². The van der Waals surface area contributed by atoms with Gasteiger partial charge < -0.3 is 45.5 Å². The van der Waals surface area contributed by atoms with Crippen LogP contribution in [0.15, 0.2) is 72.8 Å². The molecule has 6 atom stereocenters. The van der Waals surface area contributed by atoms with Crippen LogP contribution < -0.4 is 30.2 Å². The highest BCUT2D eigenvalue weighted by Gasteiger charge is 2.33. The molecule has 0 aliphatic heterocycles. The number of benzene rings is 3. The lowest BCUT2D eigenvalue weighted by atomic mass is 10.0. The molecule has 12 nitrogen and oxygen atoms in total. The highest BCUT2D eigenvalue weighted by Crippen LogP contribution is 2.28. The second-order valence-electron chi connectivity index (χ2n) is 16.3. The highest BCUT2D eigenvalue weighted by atomic mass is 19.4. The summed E-state index contributed by atoms with van der Waals surface area (Å²) in [5.74, 6) is -2.27. The van der Waals surface area contributed by atoms with Crippen LogP contribution in [0, 0.1) is 17.8 Å². The fourth-order valence-electron chi connectivity index (χ4n) is 5.37. The van der Waals surface area contributed by atoms with Crippen LogP contribution in [-0.4, -0.2) is 70.4 Å². The first-order valence-corrected chi connectivity index (χ1v) is 20.7. The van der Waals surface area contributed by atoms with E-state index in [0.717, 1.165) is 0 Å². The fourth-order valence-corrected chi connectivity index (χ4v) is 5.37. The van der Waals surface area contributed by atoms with Crippen molar-refractivity contribution in [1.82, 2.24) is 16.0 Å². The largest absolute Gasteiger partial charge is 0.573 e. The molecule has 0 spiro atoms. The molecule has 0 aliphatic rings. The molecule has 3 aromatic carbocycles. The summed E-state index contributed by atoms with van der Waals surface area (Å²) in [6, 6.07) is 14.8. The van der Waals surface area contributed by atoms with Crippen LogP contribution in [0.25, 0.3) is 0 Å². The van der Waals surface area contributed by atoms with E-state index in [2.05, 4.69) is 30.2 Å². The van der Waals surface area contributed by atoms with Crippen molar-refractivity contribution in [3.05, 3.63) is 89.5 Å². The fraction of sp³-hybridized carbons (Fsp3) is 0.533. The van der Waals surface area contributed by atoms with Crippen molar-refractivity contribution in [2.75, 3.05) is 0 Å². The number of hydrogen-bond acceptors (Lipinski definition) is 9. The van der Waals surface area contributed by atoms with Gasteiger partial charge in [0.15, 0.2) is 0 Å². The minimum absolute atomic E-state index is 0.0513. The Bertz CT molecular complexity index is 1730. The van der Waals surface area contributed by atoms with E-state index in [4.69, 9.17) is 0 Å². The first-order chi connectivity index (χ1) is 30.2. The van der Waals surface area contributed by atoms with E-state index in [1.54, 1.807) is 80.5 Å². The lowest BCUT2D eigenvalue weighted by molar-refractivity contribution is -0.275. The van der Waals surface area contributed by atoms with Gasteiger partial charge in [0.1, 0.15) is 17.2 Å². The van der Waals surface area contributed by atoms with E-state index in [9.17, 15) is 69.2 Å². The summed E-state index contributed by atoms with van der Waals surface area (Å²) in [6.45, 7) is 15.7. The van der Waals surface area contributed by atoms with Gasteiger partial charge in [-0.25, -0.2) is 0 Å². The van der Waals surface area contributed by atoms with Crippen molar-refractivity contribution in [3.8, 4) is 17.2 Å². The summed E-state index contributed by atoms with van der Waals surface area (Å²) >= 11 is 0. The van der Waals surface area contributed by atoms with Gasteiger partial charge in [-0.2, -0.15) is 0 Å². The van der Waals surface area contributed by atoms with Gasteiger partial charge in [-0.1, -0.05) is 77.9 Å². The zero-order valence-electron chi connectivity index (χ0n) is 37.9. The maximum absolute atomic E-state index is 12.2. The van der Waals surface area contributed by atoms with E-state index < -0.39 is 55.5 Å². The van der Waals surface area contributed by atoms with Gasteiger partial charge in [-0.3, -0.25) is 14.4 Å². The molecule has 1 unspecified atom stereocenters. The molecule has 0 aliphatic carbocycles. The quantitative estimate of drug-likeness (QED) is 0.0679. The first-order valence-electron chi connectivity index (χ1n) is 20.7. The Hall–Kier alpha value is -5.28. The number of ether oxygens (including phenoxy) is 3. The molecule has 6 N–H and O–H groups in total. The molecule has 3 rings (SSSR count). The molecule has 0 bridgehead atoms. The molecule has 66 heavy (non-hydrogen) atoms. The monoisotopic (exact) mass is 957 g/mol. The third-order valence-electron chi connectivity index (χ3n) is 9.40. The Morgan fingerprint density at radius 2 is 0.652 bits per heavy atom. The van der Waals surface area contributed by atoms with Crippen LogP contribution in [0.4, 0.5) is 39.5 Å². The van der Waals surface area contributed by atoms with Crippen LogP contribution in [0.1, 0.15) is 116 Å². The molecule has 0 saturated carbocycles. The molecular formula is C45H60F9N3O9. The van der Waals surface area contributed by atoms with Gasteiger partial charge in [0.25, 0.3) is 0 Å². The summed E-state index contributed by atoms with van der Waals surface area (Å²) in [6.07, 6.45) is -16.7. The number of aliphatic hydroxyl groups excluding tert-OH is 3. The maximum atomic E-state index is 12.2. The third kappa shape index (κ3) is 25.4. The normalized spacial score (nSPS) is 14.5. The molecule has 0 saturated heterocycles. The van der Waals surface area contributed by atoms with Crippen LogP contribution in [0.2, 0.25) is 0 Å². The van der Waals surface area contributed by atoms with Crippen molar-refractivity contribution in [2.24, 2.45) is 17.8 Å². The summed E-state index contributed by atoms with van der Waals surface area (Å²) in [4.78, 5) is 35.3. The Labute approximate surface area is 378 Å². The zero-order chi connectivity index (χ0) is 50.7. The van der Waals surface area contributed by atoms with E-state index in [-0.39, 0.29) is 72.0 Å². The molecule has 372 valence electrons. The number of rotatable bonds is 18. The van der Waals surface area contributed by atoms with Crippen LogP contribution in [-0.2, 0) is 14.4 Å². The summed E-state index contributed by atoms with van der Waals surface area (Å²) in [5, 5.41) is 36.8. The average Bonchev–Trinajstić information content (AvgIpc) is 3.16. The van der Waals surface area contributed by atoms with E-state index in [0.29, 0.717) is 16.7 Å². The Kier molecular flexibility index (Phi) is 23.8. The van der Waals surface area contributed by atoms with Crippen molar-refractivity contribution >= 4 is 17.7 Å². The molecule has 0 radical (unpaired) electrons. The van der Waals surface area contributed by atoms with Crippen molar-refractivity contribution in [2.45, 2.75) is 137 Å². The maximum Gasteiger partial charge on any atom is 0.573 e. The van der Waals surface area contributed by atoms with Crippen LogP contribution >= 0.6 is 0 Å². The van der Waals surface area contributed by atoms with E-state index in [1.165, 1.54) is 54.6 Å². The first kappa shape index (κ1) is 58.7. The summed E-state index contributed by atoms with van der Waals surface area (Å²) in [7, 11) is 0. The van der Waals surface area contributed by atoms with Gasteiger partial charge in [0.2, 0.25) is 17.7 Å². The molecule has 21 heteroatoms. The van der Waals surface area contributed by atoms with Gasteiger partial charge in [0, 0.05) is 0 Å². The van der Waals surface area contributed by atoms with E-state index >= 15 is 0 Å². The zero-order valence-corrected chi connectivity index (χ0v) is 37.9. The second-order valence-corrected chi connectivity index (χ2v) is 16.3. The van der Waals surface area contributed by atoms with Crippen LogP contribution in [0.3, 0.4) is 0 Å². The molecule has 0 heterocycles. The van der Waals surface area contributed by atoms with E-state index in [1.807, 2.05) is 0 Å². The lowest BCUT2D eigenvalue weighted by Gasteiger charge is -2.18. The number of hydrogen-bond donors (Lipinski definition) is 6. The molecule has 3 aromatic rings. The molecule has 0 fully saturated rings. The predicted molar refractivity (Wildman–Crippen MR) is 225 cm³/mol. The Balaban J connectivity index is 0.000000495. The lowest BCUT2D eigenvalue weighted by Crippen LogP contribution is -2.31. The number of nitrogens with one attached hydrogen (secondary N) is 3. The number of halogens is 9. The standard InChI is InChI=1S/3C15H20F3NO3/c3*1-9(2)13(20)8-14(21)19-10(3)11-5-4-6-12(7-11)22-15(16,17)18/h3*4-7,9-10,13,20H,8H2,1-3H3,(H,19,21)/t10-,13?;10-,13+;10-,13-/m000/s1. The van der Waals surface area contributed by atoms with Crippen molar-refractivity contribution in [3.63, 3.8) is 0 Å². The van der Waals surface area contributed by atoms with Crippen molar-refractivity contribution in [1.29, 1.82) is 0 Å². The summed E-state index contributed by atoms with van der Waals surface area (Å²) < 4.78 is 121. The van der Waals surface area contributed by atoms with Gasteiger partial charge >= 0.3 is 19.1 Å². The SMILES string of the molecule is CC(C)C(O)CC(=O)N[C@@H](C)c1cccc(OC(F)(F)F)c1.CC(C)[C@@H](O)CC(=O)N[C@@H](C)c1cccc(OC(F)(F)F)c1.CC(C)[C@H](O)CC(=O)N[C@@H](C)c1cccc(OC(F)(F)F)c1. The highest BCUT2D eigenvalue weighted by molar-refractivity contribution is 5.78. The minimum atomic E-state index is -4.76. The topological polar surface area (TPSA) is 176 Å². The smallest absolute Gasteiger partial charge is 0.406 e. The number of amides is 3. The van der Waals surface area contributed by atoms with Gasteiger partial charge in [-0.15, -0.1) is 39.5 Å². The number of aliphatic hydroxyl groups is 3. The molecular weight excluding hydrogens is 897 g/mol.